The Hall–Kier alpha value is -3.18. The van der Waals surface area contributed by atoms with Crippen molar-refractivity contribution in [3.63, 3.8) is 0 Å². The van der Waals surface area contributed by atoms with Crippen LogP contribution >= 0.6 is 15.9 Å². The maximum absolute atomic E-state index is 12.7. The van der Waals surface area contributed by atoms with Crippen LogP contribution in [0, 0.1) is 0 Å². The first-order valence-corrected chi connectivity index (χ1v) is 9.57. The molecule has 0 unspecified atom stereocenters. The number of carbonyl (C=O) groups excluding carboxylic acids is 2. The molecule has 4 nitrogen and oxygen atoms in total. The van der Waals surface area contributed by atoms with Crippen molar-refractivity contribution < 1.29 is 9.59 Å². The summed E-state index contributed by atoms with van der Waals surface area (Å²) in [7, 11) is 0. The summed E-state index contributed by atoms with van der Waals surface area (Å²) in [6.07, 6.45) is 1.66. The van der Waals surface area contributed by atoms with Gasteiger partial charge in [0, 0.05) is 16.6 Å². The lowest BCUT2D eigenvalue weighted by Gasteiger charge is -2.11. The van der Waals surface area contributed by atoms with Gasteiger partial charge >= 0.3 is 0 Å². The molecule has 0 aliphatic heterocycles. The third-order valence-corrected chi connectivity index (χ3v) is 4.53. The van der Waals surface area contributed by atoms with Crippen LogP contribution in [0.5, 0.6) is 0 Å². The lowest BCUT2D eigenvalue weighted by atomic mass is 10.1. The van der Waals surface area contributed by atoms with Gasteiger partial charge in [-0.15, -0.1) is 0 Å². The fourth-order valence-corrected chi connectivity index (χ4v) is 2.81. The van der Waals surface area contributed by atoms with Crippen LogP contribution < -0.4 is 10.6 Å². The number of carbonyl (C=O) groups is 2. The average Bonchev–Trinajstić information content (AvgIpc) is 2.73. The maximum atomic E-state index is 12.7. The molecule has 28 heavy (non-hydrogen) atoms. The van der Waals surface area contributed by atoms with E-state index in [0.717, 1.165) is 15.6 Å². The Morgan fingerprint density at radius 2 is 1.43 bits per heavy atom. The van der Waals surface area contributed by atoms with E-state index in [1.54, 1.807) is 30.3 Å². The second kappa shape index (κ2) is 9.67. The molecule has 0 radical (unpaired) electrons. The molecule has 140 valence electrons. The van der Waals surface area contributed by atoms with Gasteiger partial charge in [0.15, 0.2) is 0 Å². The molecule has 0 saturated heterocycles. The van der Waals surface area contributed by atoms with Crippen molar-refractivity contribution in [1.82, 2.24) is 10.6 Å². The standard InChI is InChI=1S/C23H19BrN2O2/c24-20-13-11-19(12-14-20)22(27)26-21(15-17-7-3-1-4-8-17)23(28)25-16-18-9-5-2-6-10-18/h1-15H,16H2,(H,25,28)(H,26,27)/b21-15-. The van der Waals surface area contributed by atoms with Crippen molar-refractivity contribution in [1.29, 1.82) is 0 Å². The van der Waals surface area contributed by atoms with E-state index in [-0.39, 0.29) is 17.5 Å². The molecule has 0 heterocycles. The molecule has 3 aromatic rings. The highest BCUT2D eigenvalue weighted by Crippen LogP contribution is 2.12. The molecule has 0 saturated carbocycles. The van der Waals surface area contributed by atoms with E-state index in [0.29, 0.717) is 12.1 Å². The molecule has 0 aliphatic carbocycles. The van der Waals surface area contributed by atoms with Crippen LogP contribution in [-0.2, 0) is 11.3 Å². The molecule has 0 aromatic heterocycles. The molecule has 3 aromatic carbocycles. The molecule has 2 amide bonds. The summed E-state index contributed by atoms with van der Waals surface area (Å²) < 4.78 is 0.879. The molecular weight excluding hydrogens is 416 g/mol. The number of benzene rings is 3. The minimum atomic E-state index is -0.349. The van der Waals surface area contributed by atoms with Gasteiger partial charge in [-0.05, 0) is 41.5 Å². The fourth-order valence-electron chi connectivity index (χ4n) is 2.54. The zero-order valence-corrected chi connectivity index (χ0v) is 16.6. The second-order valence-corrected chi connectivity index (χ2v) is 7.01. The second-order valence-electron chi connectivity index (χ2n) is 6.10. The van der Waals surface area contributed by atoms with Gasteiger partial charge in [-0.1, -0.05) is 76.6 Å². The monoisotopic (exact) mass is 434 g/mol. The molecule has 0 atom stereocenters. The van der Waals surface area contributed by atoms with Crippen molar-refractivity contribution in [2.75, 3.05) is 0 Å². The first-order chi connectivity index (χ1) is 13.6. The van der Waals surface area contributed by atoms with E-state index in [1.165, 1.54) is 0 Å². The summed E-state index contributed by atoms with van der Waals surface area (Å²) in [5, 5.41) is 5.59. The Kier molecular flexibility index (Phi) is 6.76. The zero-order chi connectivity index (χ0) is 19.8. The van der Waals surface area contributed by atoms with Gasteiger partial charge in [-0.25, -0.2) is 0 Å². The van der Waals surface area contributed by atoms with Crippen LogP contribution in [0.25, 0.3) is 6.08 Å². The van der Waals surface area contributed by atoms with Gasteiger partial charge in [0.2, 0.25) is 0 Å². The number of halogens is 1. The van der Waals surface area contributed by atoms with Crippen LogP contribution in [-0.4, -0.2) is 11.8 Å². The topological polar surface area (TPSA) is 58.2 Å². The predicted molar refractivity (Wildman–Crippen MR) is 114 cm³/mol. The first-order valence-electron chi connectivity index (χ1n) is 8.77. The first kappa shape index (κ1) is 19.6. The number of nitrogens with one attached hydrogen (secondary N) is 2. The summed E-state index contributed by atoms with van der Waals surface area (Å²) in [5.41, 5.74) is 2.46. The molecule has 2 N–H and O–H groups in total. The summed E-state index contributed by atoms with van der Waals surface area (Å²) in [4.78, 5) is 25.3. The molecular formula is C23H19BrN2O2. The summed E-state index contributed by atoms with van der Waals surface area (Å²) in [6, 6.07) is 26.0. The van der Waals surface area contributed by atoms with E-state index < -0.39 is 0 Å². The van der Waals surface area contributed by atoms with E-state index in [4.69, 9.17) is 0 Å². The van der Waals surface area contributed by atoms with Gasteiger partial charge in [-0.3, -0.25) is 9.59 Å². The Morgan fingerprint density at radius 1 is 0.821 bits per heavy atom. The number of hydrogen-bond acceptors (Lipinski definition) is 2. The summed E-state index contributed by atoms with van der Waals surface area (Å²) >= 11 is 3.35. The summed E-state index contributed by atoms with van der Waals surface area (Å²) in [5.74, 6) is -0.692. The Balaban J connectivity index is 1.78. The summed E-state index contributed by atoms with van der Waals surface area (Å²) in [6.45, 7) is 0.375. The van der Waals surface area contributed by atoms with Gasteiger partial charge in [-0.2, -0.15) is 0 Å². The molecule has 0 spiro atoms. The normalized spacial score (nSPS) is 11.0. The highest BCUT2D eigenvalue weighted by molar-refractivity contribution is 9.10. The highest BCUT2D eigenvalue weighted by Gasteiger charge is 2.14. The van der Waals surface area contributed by atoms with Crippen molar-refractivity contribution in [3.8, 4) is 0 Å². The highest BCUT2D eigenvalue weighted by atomic mass is 79.9. The van der Waals surface area contributed by atoms with E-state index >= 15 is 0 Å². The third-order valence-electron chi connectivity index (χ3n) is 4.01. The van der Waals surface area contributed by atoms with Crippen LogP contribution in [0.3, 0.4) is 0 Å². The van der Waals surface area contributed by atoms with Crippen LogP contribution in [0.15, 0.2) is 95.1 Å². The van der Waals surface area contributed by atoms with Crippen molar-refractivity contribution in [3.05, 3.63) is 112 Å². The smallest absolute Gasteiger partial charge is 0.268 e. The predicted octanol–water partition coefficient (Wildman–Crippen LogP) is 4.54. The quantitative estimate of drug-likeness (QED) is 0.559. The fraction of sp³-hybridized carbons (Fsp3) is 0.0435. The molecule has 0 bridgehead atoms. The van der Waals surface area contributed by atoms with Crippen molar-refractivity contribution in [2.45, 2.75) is 6.54 Å². The Labute approximate surface area is 172 Å². The van der Waals surface area contributed by atoms with E-state index in [9.17, 15) is 9.59 Å². The molecule has 0 fully saturated rings. The third kappa shape index (κ3) is 5.66. The van der Waals surface area contributed by atoms with Gasteiger partial charge in [0.1, 0.15) is 5.70 Å². The van der Waals surface area contributed by atoms with Gasteiger partial charge in [0.25, 0.3) is 11.8 Å². The zero-order valence-electron chi connectivity index (χ0n) is 15.1. The molecule has 3 rings (SSSR count). The largest absolute Gasteiger partial charge is 0.347 e. The molecule has 0 aliphatic rings. The lowest BCUT2D eigenvalue weighted by molar-refractivity contribution is -0.117. The van der Waals surface area contributed by atoms with Crippen molar-refractivity contribution >= 4 is 33.8 Å². The van der Waals surface area contributed by atoms with Gasteiger partial charge in [0.05, 0.1) is 0 Å². The minimum absolute atomic E-state index is 0.190. The van der Waals surface area contributed by atoms with E-state index in [2.05, 4.69) is 26.6 Å². The van der Waals surface area contributed by atoms with Gasteiger partial charge < -0.3 is 10.6 Å². The SMILES string of the molecule is O=C(NCc1ccccc1)/C(=C/c1ccccc1)NC(=O)c1ccc(Br)cc1. The number of hydrogen-bond donors (Lipinski definition) is 2. The van der Waals surface area contributed by atoms with Crippen LogP contribution in [0.4, 0.5) is 0 Å². The average molecular weight is 435 g/mol. The van der Waals surface area contributed by atoms with Crippen LogP contribution in [0.2, 0.25) is 0 Å². The minimum Gasteiger partial charge on any atom is -0.347 e. The van der Waals surface area contributed by atoms with Crippen molar-refractivity contribution in [2.24, 2.45) is 0 Å². The maximum Gasteiger partial charge on any atom is 0.268 e. The number of amides is 2. The Bertz CT molecular complexity index is 969. The van der Waals surface area contributed by atoms with Crippen LogP contribution in [0.1, 0.15) is 21.5 Å². The molecule has 5 heteroatoms. The Morgan fingerprint density at radius 3 is 2.07 bits per heavy atom. The lowest BCUT2D eigenvalue weighted by Crippen LogP contribution is -2.34. The number of rotatable bonds is 6. The van der Waals surface area contributed by atoms with E-state index in [1.807, 2.05) is 60.7 Å².